The number of anilines is 2. The van der Waals surface area contributed by atoms with Crippen molar-refractivity contribution in [3.8, 4) is 0 Å². The fourth-order valence-electron chi connectivity index (χ4n) is 2.39. The fourth-order valence-corrected chi connectivity index (χ4v) is 3.63. The van der Waals surface area contributed by atoms with Gasteiger partial charge in [0.25, 0.3) is 0 Å². The van der Waals surface area contributed by atoms with Gasteiger partial charge in [-0.25, -0.2) is 4.98 Å². The van der Waals surface area contributed by atoms with Gasteiger partial charge in [0.15, 0.2) is 0 Å². The summed E-state index contributed by atoms with van der Waals surface area (Å²) in [6.07, 6.45) is 3.48. The second-order valence-corrected chi connectivity index (χ2v) is 5.58. The van der Waals surface area contributed by atoms with E-state index in [4.69, 9.17) is 11.5 Å². The molecule has 84 valence electrons. The van der Waals surface area contributed by atoms with Crippen LogP contribution in [0.1, 0.15) is 23.8 Å². The van der Waals surface area contributed by atoms with Gasteiger partial charge in [0.2, 0.25) is 5.95 Å². The second kappa shape index (κ2) is 3.31. The third-order valence-electron chi connectivity index (χ3n) is 3.20. The van der Waals surface area contributed by atoms with E-state index in [9.17, 15) is 0 Å². The summed E-state index contributed by atoms with van der Waals surface area (Å²) in [5, 5.41) is 1.04. The largest absolute Gasteiger partial charge is 0.383 e. The minimum Gasteiger partial charge on any atom is -0.383 e. The number of aromatic nitrogens is 2. The maximum absolute atomic E-state index is 5.95. The highest BCUT2D eigenvalue weighted by atomic mass is 32.1. The molecular formula is C11H14N4S. The topological polar surface area (TPSA) is 77.8 Å². The van der Waals surface area contributed by atoms with Crippen molar-refractivity contribution in [2.75, 3.05) is 11.5 Å². The lowest BCUT2D eigenvalue weighted by molar-refractivity contribution is 0.508. The molecule has 0 spiro atoms. The summed E-state index contributed by atoms with van der Waals surface area (Å²) in [6.45, 7) is 2.28. The van der Waals surface area contributed by atoms with Crippen molar-refractivity contribution in [2.45, 2.75) is 26.2 Å². The number of nitrogens with zero attached hydrogens (tertiary/aromatic N) is 2. The lowest BCUT2D eigenvalue weighted by Crippen LogP contribution is -2.09. The van der Waals surface area contributed by atoms with Crippen LogP contribution in [0.3, 0.4) is 0 Å². The van der Waals surface area contributed by atoms with Crippen LogP contribution in [-0.2, 0) is 12.8 Å². The van der Waals surface area contributed by atoms with Gasteiger partial charge in [-0.1, -0.05) is 6.92 Å². The predicted molar refractivity (Wildman–Crippen MR) is 67.4 cm³/mol. The maximum atomic E-state index is 5.95. The smallest absolute Gasteiger partial charge is 0.223 e. The van der Waals surface area contributed by atoms with Crippen LogP contribution >= 0.6 is 11.3 Å². The molecule has 0 aromatic carbocycles. The quantitative estimate of drug-likeness (QED) is 0.730. The number of aryl methyl sites for hydroxylation is 1. The third-order valence-corrected chi connectivity index (χ3v) is 4.38. The summed E-state index contributed by atoms with van der Waals surface area (Å²) >= 11 is 1.72. The number of fused-ring (bicyclic) bond motifs is 3. The van der Waals surface area contributed by atoms with Crippen LogP contribution in [-0.4, -0.2) is 9.97 Å². The highest BCUT2D eigenvalue weighted by Gasteiger charge is 2.22. The second-order valence-electron chi connectivity index (χ2n) is 4.50. The summed E-state index contributed by atoms with van der Waals surface area (Å²) in [6, 6.07) is 0. The number of rotatable bonds is 0. The Kier molecular flexibility index (Phi) is 2.04. The van der Waals surface area contributed by atoms with Crippen molar-refractivity contribution in [3.05, 3.63) is 10.4 Å². The van der Waals surface area contributed by atoms with Crippen LogP contribution in [0.4, 0.5) is 11.8 Å². The summed E-state index contributed by atoms with van der Waals surface area (Å²) in [7, 11) is 0. The molecular weight excluding hydrogens is 220 g/mol. The Bertz CT molecular complexity index is 561. The first kappa shape index (κ1) is 9.84. The zero-order chi connectivity index (χ0) is 11.3. The molecule has 16 heavy (non-hydrogen) atoms. The van der Waals surface area contributed by atoms with Gasteiger partial charge in [0.1, 0.15) is 10.6 Å². The van der Waals surface area contributed by atoms with Crippen molar-refractivity contribution >= 4 is 33.3 Å². The Balaban J connectivity index is 2.30. The first-order valence-corrected chi connectivity index (χ1v) is 6.30. The van der Waals surface area contributed by atoms with Gasteiger partial charge in [0.05, 0.1) is 5.39 Å². The van der Waals surface area contributed by atoms with Crippen LogP contribution in [0.2, 0.25) is 0 Å². The molecule has 5 heteroatoms. The first-order chi connectivity index (χ1) is 7.65. The molecule has 0 saturated carbocycles. The molecule has 0 saturated heterocycles. The number of hydrogen-bond acceptors (Lipinski definition) is 5. The van der Waals surface area contributed by atoms with Gasteiger partial charge in [-0.15, -0.1) is 11.3 Å². The van der Waals surface area contributed by atoms with E-state index < -0.39 is 0 Å². The van der Waals surface area contributed by atoms with Gasteiger partial charge in [0, 0.05) is 4.88 Å². The van der Waals surface area contributed by atoms with Crippen LogP contribution in [0.5, 0.6) is 0 Å². The third kappa shape index (κ3) is 1.35. The van der Waals surface area contributed by atoms with Gasteiger partial charge in [-0.3, -0.25) is 0 Å². The average Bonchev–Trinajstić information content (AvgIpc) is 2.54. The van der Waals surface area contributed by atoms with Crippen LogP contribution in [0.25, 0.3) is 10.2 Å². The fraction of sp³-hybridized carbons (Fsp3) is 0.455. The van der Waals surface area contributed by atoms with Crippen molar-refractivity contribution < 1.29 is 0 Å². The number of nitrogen functional groups attached to an aromatic ring is 2. The molecule has 1 aliphatic rings. The van der Waals surface area contributed by atoms with Crippen molar-refractivity contribution in [2.24, 2.45) is 5.92 Å². The molecule has 0 amide bonds. The minimum atomic E-state index is 0.275. The molecule has 0 bridgehead atoms. The monoisotopic (exact) mass is 234 g/mol. The molecule has 2 aromatic rings. The highest BCUT2D eigenvalue weighted by molar-refractivity contribution is 7.19. The van der Waals surface area contributed by atoms with Gasteiger partial charge < -0.3 is 11.5 Å². The van der Waals surface area contributed by atoms with E-state index in [1.807, 2.05) is 0 Å². The number of thiophene rings is 1. The maximum Gasteiger partial charge on any atom is 0.223 e. The van der Waals surface area contributed by atoms with Gasteiger partial charge >= 0.3 is 0 Å². The molecule has 4 N–H and O–H groups in total. The van der Waals surface area contributed by atoms with Crippen LogP contribution in [0, 0.1) is 5.92 Å². The van der Waals surface area contributed by atoms with E-state index in [1.165, 1.54) is 16.9 Å². The van der Waals surface area contributed by atoms with E-state index in [0.29, 0.717) is 5.82 Å². The Morgan fingerprint density at radius 1 is 1.31 bits per heavy atom. The Morgan fingerprint density at radius 3 is 2.94 bits per heavy atom. The molecule has 2 heterocycles. The number of nitrogens with two attached hydrogens (primary N) is 2. The highest BCUT2D eigenvalue weighted by Crippen LogP contribution is 2.39. The summed E-state index contributed by atoms with van der Waals surface area (Å²) in [5.74, 6) is 1.54. The Labute approximate surface area is 97.7 Å². The lowest BCUT2D eigenvalue weighted by atomic mass is 9.89. The number of hydrogen-bond donors (Lipinski definition) is 2. The van der Waals surface area contributed by atoms with Crippen molar-refractivity contribution in [1.82, 2.24) is 9.97 Å². The molecule has 2 aromatic heterocycles. The van der Waals surface area contributed by atoms with E-state index in [1.54, 1.807) is 11.3 Å². The van der Waals surface area contributed by atoms with E-state index in [0.717, 1.165) is 29.0 Å². The molecule has 0 aliphatic heterocycles. The lowest BCUT2D eigenvalue weighted by Gasteiger charge is -2.18. The first-order valence-electron chi connectivity index (χ1n) is 5.48. The standard InChI is InChI=1S/C11H14N4S/c1-5-2-3-7-6(4-5)8-9(12)14-11(13)15-10(8)16-7/h5H,2-4H2,1H3,(H4,12,13,14,15). The Hall–Kier alpha value is -1.36. The summed E-state index contributed by atoms with van der Waals surface area (Å²) in [5.41, 5.74) is 12.9. The summed E-state index contributed by atoms with van der Waals surface area (Å²) in [4.78, 5) is 10.7. The molecule has 0 radical (unpaired) electrons. The molecule has 1 unspecified atom stereocenters. The van der Waals surface area contributed by atoms with Crippen molar-refractivity contribution in [3.63, 3.8) is 0 Å². The SMILES string of the molecule is CC1CCc2sc3nc(N)nc(N)c3c2C1. The molecule has 0 fully saturated rings. The van der Waals surface area contributed by atoms with Crippen molar-refractivity contribution in [1.29, 1.82) is 0 Å². The zero-order valence-electron chi connectivity index (χ0n) is 9.16. The van der Waals surface area contributed by atoms with Gasteiger partial charge in [-0.05, 0) is 30.7 Å². The minimum absolute atomic E-state index is 0.275. The van der Waals surface area contributed by atoms with Crippen LogP contribution in [0.15, 0.2) is 0 Å². The summed E-state index contributed by atoms with van der Waals surface area (Å²) < 4.78 is 0. The van der Waals surface area contributed by atoms with E-state index in [2.05, 4.69) is 16.9 Å². The van der Waals surface area contributed by atoms with Gasteiger partial charge in [-0.2, -0.15) is 4.98 Å². The Morgan fingerprint density at radius 2 is 2.12 bits per heavy atom. The van der Waals surface area contributed by atoms with E-state index >= 15 is 0 Å². The normalized spacial score (nSPS) is 19.9. The molecule has 3 rings (SSSR count). The molecule has 4 nitrogen and oxygen atoms in total. The van der Waals surface area contributed by atoms with Crippen LogP contribution < -0.4 is 11.5 Å². The zero-order valence-corrected chi connectivity index (χ0v) is 9.97. The predicted octanol–water partition coefficient (Wildman–Crippen LogP) is 1.98. The van der Waals surface area contributed by atoms with E-state index in [-0.39, 0.29) is 5.95 Å². The average molecular weight is 234 g/mol. The molecule has 1 aliphatic carbocycles. The molecule has 1 atom stereocenters.